The summed E-state index contributed by atoms with van der Waals surface area (Å²) in [6, 6.07) is 0. The Balaban J connectivity index is 0.000000236. The molecule has 0 unspecified atom stereocenters. The van der Waals surface area contributed by atoms with E-state index >= 15 is 0 Å². The molecule has 1 aliphatic carbocycles. The molecule has 0 spiro atoms. The zero-order valence-corrected chi connectivity index (χ0v) is 13.5. The molecule has 0 fully saturated rings. The number of alkyl halides is 3. The third-order valence-corrected chi connectivity index (χ3v) is 4.64. The largest absolute Gasteiger partial charge is 0.542 e. The van der Waals surface area contributed by atoms with Crippen LogP contribution in [0.15, 0.2) is 34.6 Å². The molecule has 0 atom stereocenters. The molecule has 0 N–H and O–H groups in total. The predicted molar refractivity (Wildman–Crippen MR) is 78.8 cm³/mol. The second kappa shape index (κ2) is 5.98. The highest BCUT2D eigenvalue weighted by Crippen LogP contribution is 2.46. The Hall–Kier alpha value is -1.85. The van der Waals surface area contributed by atoms with Gasteiger partial charge < -0.3 is 9.90 Å². The average Bonchev–Trinajstić information content (AvgIpc) is 2.76. The number of halogens is 3. The number of hydrogen-bond acceptors (Lipinski definition) is 2. The fourth-order valence-electron chi connectivity index (χ4n) is 3.03. The summed E-state index contributed by atoms with van der Waals surface area (Å²) in [7, 11) is 0. The van der Waals surface area contributed by atoms with E-state index in [2.05, 4.69) is 43.7 Å². The molecule has 0 radical (unpaired) electrons. The minimum Gasteiger partial charge on any atom is -0.542 e. The van der Waals surface area contributed by atoms with Gasteiger partial charge in [0.05, 0.1) is 0 Å². The van der Waals surface area contributed by atoms with E-state index in [0.29, 0.717) is 0 Å². The summed E-state index contributed by atoms with van der Waals surface area (Å²) in [6.07, 6.45) is 5.76. The van der Waals surface area contributed by atoms with Gasteiger partial charge in [-0.25, -0.2) is 0 Å². The van der Waals surface area contributed by atoms with Gasteiger partial charge in [-0.2, -0.15) is 17.7 Å². The van der Waals surface area contributed by atoms with Crippen LogP contribution in [0.25, 0.3) is 0 Å². The number of carboxylic acid groups (broad SMARTS) is 1. The third-order valence-electron chi connectivity index (χ3n) is 4.64. The van der Waals surface area contributed by atoms with Crippen LogP contribution in [0.5, 0.6) is 0 Å². The quantitative estimate of drug-likeness (QED) is 0.642. The van der Waals surface area contributed by atoms with Crippen molar-refractivity contribution in [2.45, 2.75) is 46.2 Å². The van der Waals surface area contributed by atoms with Crippen LogP contribution >= 0.6 is 0 Å². The Morgan fingerprint density at radius 2 is 1.91 bits per heavy atom. The first-order valence-electron chi connectivity index (χ1n) is 7.58. The number of allylic oxidation sites excluding steroid dienone is 5. The summed E-state index contributed by atoms with van der Waals surface area (Å²) in [6.45, 7) is 8.16. The molecule has 0 aromatic heterocycles. The maximum atomic E-state index is 10.5. The zero-order chi connectivity index (χ0) is 17.4. The van der Waals surface area contributed by atoms with E-state index < -0.39 is 12.1 Å². The van der Waals surface area contributed by atoms with E-state index in [1.165, 1.54) is 42.7 Å². The lowest BCUT2D eigenvalue weighted by molar-refractivity contribution is -0.466. The number of nitrogens with zero attached hydrogens (tertiary/aromatic N) is 1. The van der Waals surface area contributed by atoms with E-state index in [0.717, 1.165) is 0 Å². The highest BCUT2D eigenvalue weighted by molar-refractivity contribution is 5.75. The molecule has 0 saturated carbocycles. The minimum absolute atomic E-state index is 0.217. The molecule has 3 rings (SSSR count). The molecule has 0 aromatic rings. The predicted octanol–water partition coefficient (Wildman–Crippen LogP) is 2.73. The number of carboxylic acids is 1. The van der Waals surface area contributed by atoms with Crippen LogP contribution in [-0.4, -0.2) is 29.5 Å². The van der Waals surface area contributed by atoms with Crippen LogP contribution in [0, 0.1) is 5.41 Å². The molecule has 2 heterocycles. The van der Waals surface area contributed by atoms with Crippen LogP contribution in [0.3, 0.4) is 0 Å². The Bertz CT molecular complexity index is 649. The lowest BCUT2D eigenvalue weighted by Gasteiger charge is -2.31. The molecule has 3 nitrogen and oxygen atoms in total. The summed E-state index contributed by atoms with van der Waals surface area (Å²) < 4.78 is 34.0. The molecule has 6 heteroatoms. The number of aliphatic carboxylic acids is 1. The van der Waals surface area contributed by atoms with E-state index in [4.69, 9.17) is 9.90 Å². The first kappa shape index (κ1) is 17.5. The van der Waals surface area contributed by atoms with Gasteiger partial charge in [0.25, 0.3) is 0 Å². The highest BCUT2D eigenvalue weighted by atomic mass is 19.4. The van der Waals surface area contributed by atoms with Crippen LogP contribution < -0.4 is 5.11 Å². The summed E-state index contributed by atoms with van der Waals surface area (Å²) in [5.74, 6) is -3.01. The summed E-state index contributed by atoms with van der Waals surface area (Å²) in [4.78, 5) is 8.78. The Kier molecular flexibility index (Phi) is 4.55. The summed E-state index contributed by atoms with van der Waals surface area (Å²) >= 11 is 0. The Morgan fingerprint density at radius 1 is 1.30 bits per heavy atom. The van der Waals surface area contributed by atoms with E-state index in [-0.39, 0.29) is 5.41 Å². The number of carbonyl (C=O) groups is 1. The standard InChI is InChI=1S/C15H20N.C2HF3O2/c1-11-10-12-6-4-5-8-16-9-7-13(14(12)16)15(11,2)3;3-2(4,5)1(6)7/h7,9-10H,4-6,8H2,1-3H3;(H,6,7)/q+1;/p-1. The Labute approximate surface area is 133 Å². The topological polar surface area (TPSA) is 43.1 Å². The highest BCUT2D eigenvalue weighted by Gasteiger charge is 2.41. The van der Waals surface area contributed by atoms with Gasteiger partial charge in [0.1, 0.15) is 12.5 Å². The van der Waals surface area contributed by atoms with Crippen molar-refractivity contribution in [2.24, 2.45) is 5.41 Å². The molecule has 3 aliphatic rings. The molecule has 0 aromatic carbocycles. The van der Waals surface area contributed by atoms with Crippen LogP contribution in [0.4, 0.5) is 13.2 Å². The van der Waals surface area contributed by atoms with Crippen molar-refractivity contribution >= 4 is 12.2 Å². The fraction of sp³-hybridized carbons (Fsp3) is 0.529. The fourth-order valence-corrected chi connectivity index (χ4v) is 3.03. The average molecular weight is 327 g/mol. The van der Waals surface area contributed by atoms with Crippen LogP contribution in [0.2, 0.25) is 0 Å². The van der Waals surface area contributed by atoms with E-state index in [1.807, 2.05) is 0 Å². The molecular weight excluding hydrogens is 307 g/mol. The normalized spacial score (nSPS) is 22.1. The van der Waals surface area contributed by atoms with Crippen molar-refractivity contribution in [3.05, 3.63) is 34.6 Å². The van der Waals surface area contributed by atoms with Gasteiger partial charge in [0.15, 0.2) is 6.21 Å². The van der Waals surface area contributed by atoms with Gasteiger partial charge in [-0.3, -0.25) is 0 Å². The van der Waals surface area contributed by atoms with Crippen molar-refractivity contribution in [1.82, 2.24) is 0 Å². The first-order valence-corrected chi connectivity index (χ1v) is 7.58. The first-order chi connectivity index (χ1) is 10.5. The monoisotopic (exact) mass is 327 g/mol. The van der Waals surface area contributed by atoms with Crippen molar-refractivity contribution in [1.29, 1.82) is 0 Å². The molecule has 0 saturated heterocycles. The van der Waals surface area contributed by atoms with Gasteiger partial charge in [-0.15, -0.1) is 0 Å². The summed E-state index contributed by atoms with van der Waals surface area (Å²) in [5, 5.41) is 8.78. The third kappa shape index (κ3) is 3.41. The van der Waals surface area contributed by atoms with E-state index in [1.54, 1.807) is 5.57 Å². The van der Waals surface area contributed by atoms with Gasteiger partial charge >= 0.3 is 6.18 Å². The molecular formula is C17H20F3NO2. The second-order valence-corrected chi connectivity index (χ2v) is 6.49. The van der Waals surface area contributed by atoms with Gasteiger partial charge in [0, 0.05) is 29.1 Å². The summed E-state index contributed by atoms with van der Waals surface area (Å²) in [5.41, 5.74) is 6.34. The number of rotatable bonds is 0. The van der Waals surface area contributed by atoms with Crippen LogP contribution in [-0.2, 0) is 4.79 Å². The van der Waals surface area contributed by atoms with E-state index in [9.17, 15) is 13.2 Å². The molecule has 0 bridgehead atoms. The maximum Gasteiger partial charge on any atom is 0.430 e. The smallest absolute Gasteiger partial charge is 0.430 e. The SMILES string of the molecule is CC1=CC2=C3C(=CC=[N+]3CCCC2)C1(C)C.O=C([O-])C(F)(F)F. The molecule has 0 amide bonds. The van der Waals surface area contributed by atoms with Crippen molar-refractivity contribution in [3.63, 3.8) is 0 Å². The minimum atomic E-state index is -5.19. The van der Waals surface area contributed by atoms with Crippen LogP contribution in [0.1, 0.15) is 40.0 Å². The van der Waals surface area contributed by atoms with Crippen molar-refractivity contribution in [3.8, 4) is 0 Å². The second-order valence-electron chi connectivity index (χ2n) is 6.49. The molecule has 2 aliphatic heterocycles. The van der Waals surface area contributed by atoms with Gasteiger partial charge in [-0.1, -0.05) is 25.5 Å². The van der Waals surface area contributed by atoms with Crippen molar-refractivity contribution in [2.75, 3.05) is 6.54 Å². The lowest BCUT2D eigenvalue weighted by Crippen LogP contribution is -2.37. The van der Waals surface area contributed by atoms with Gasteiger partial charge in [-0.05, 0) is 19.8 Å². The van der Waals surface area contributed by atoms with Crippen molar-refractivity contribution < 1.29 is 27.6 Å². The zero-order valence-electron chi connectivity index (χ0n) is 13.5. The maximum absolute atomic E-state index is 10.5. The number of carbonyl (C=O) groups excluding carboxylic acids is 1. The number of hydrogen-bond donors (Lipinski definition) is 0. The van der Waals surface area contributed by atoms with Gasteiger partial charge in [0.2, 0.25) is 5.70 Å². The molecule has 126 valence electrons. The molecule has 23 heavy (non-hydrogen) atoms. The Morgan fingerprint density at radius 3 is 2.48 bits per heavy atom. The lowest BCUT2D eigenvalue weighted by atomic mass is 9.72.